The molecule has 0 fully saturated rings. The molecule has 0 aliphatic heterocycles. The lowest BCUT2D eigenvalue weighted by Crippen LogP contribution is -1.98. The summed E-state index contributed by atoms with van der Waals surface area (Å²) < 4.78 is 4.97. The van der Waals surface area contributed by atoms with Gasteiger partial charge in [-0.15, -0.1) is 0 Å². The zero-order valence-corrected chi connectivity index (χ0v) is 9.67. The average molecular weight is 255 g/mol. The number of rotatable bonds is 2. The summed E-state index contributed by atoms with van der Waals surface area (Å²) in [5.74, 6) is -0.370. The van der Waals surface area contributed by atoms with Gasteiger partial charge in [0.2, 0.25) is 0 Å². The van der Waals surface area contributed by atoms with Crippen LogP contribution in [0.5, 0.6) is 0 Å². The normalized spacial score (nSPS) is 11.2. The molecule has 3 heteroatoms. The van der Waals surface area contributed by atoms with E-state index in [9.17, 15) is 4.79 Å². The van der Waals surface area contributed by atoms with E-state index in [0.29, 0.717) is 4.48 Å². The van der Waals surface area contributed by atoms with Gasteiger partial charge in [0.05, 0.1) is 7.11 Å². The Kier molecular flexibility index (Phi) is 3.89. The lowest BCUT2D eigenvalue weighted by molar-refractivity contribution is -0.135. The molecule has 0 radical (unpaired) electrons. The van der Waals surface area contributed by atoms with Gasteiger partial charge in [0.1, 0.15) is 4.48 Å². The van der Waals surface area contributed by atoms with E-state index >= 15 is 0 Å². The first-order chi connectivity index (χ1) is 6.63. The predicted octanol–water partition coefficient (Wildman–Crippen LogP) is 2.90. The van der Waals surface area contributed by atoms with E-state index in [0.717, 1.165) is 5.56 Å². The number of halogens is 1. The molecule has 0 heterocycles. The van der Waals surface area contributed by atoms with E-state index < -0.39 is 0 Å². The van der Waals surface area contributed by atoms with Crippen LogP contribution in [0.1, 0.15) is 11.1 Å². The standard InChI is InChI=1S/C11H11BrO2/c1-8-3-5-9(6-4-8)7-10(12)11(13)14-2/h3-7H,1-2H3. The van der Waals surface area contributed by atoms with Crippen LogP contribution in [0, 0.1) is 6.92 Å². The van der Waals surface area contributed by atoms with Crippen molar-refractivity contribution < 1.29 is 9.53 Å². The van der Waals surface area contributed by atoms with Gasteiger partial charge in [-0.3, -0.25) is 0 Å². The summed E-state index contributed by atoms with van der Waals surface area (Å²) in [5.41, 5.74) is 2.16. The number of carbonyl (C=O) groups excluding carboxylic acids is 1. The van der Waals surface area contributed by atoms with Crippen molar-refractivity contribution in [2.45, 2.75) is 6.92 Å². The molecule has 0 aromatic heterocycles. The van der Waals surface area contributed by atoms with Crippen LogP contribution < -0.4 is 0 Å². The Morgan fingerprint density at radius 3 is 2.43 bits per heavy atom. The largest absolute Gasteiger partial charge is 0.465 e. The molecule has 1 rings (SSSR count). The molecule has 0 unspecified atom stereocenters. The summed E-state index contributed by atoms with van der Waals surface area (Å²) in [4.78, 5) is 11.0. The highest BCUT2D eigenvalue weighted by Crippen LogP contribution is 2.14. The van der Waals surface area contributed by atoms with Crippen LogP contribution in [0.3, 0.4) is 0 Å². The van der Waals surface area contributed by atoms with Crippen LogP contribution in [0.2, 0.25) is 0 Å². The first-order valence-electron chi connectivity index (χ1n) is 4.15. The summed E-state index contributed by atoms with van der Waals surface area (Å²) >= 11 is 3.15. The SMILES string of the molecule is COC(=O)C(Br)=Cc1ccc(C)cc1. The van der Waals surface area contributed by atoms with Gasteiger partial charge in [0, 0.05) is 0 Å². The fourth-order valence-corrected chi connectivity index (χ4v) is 1.39. The molecule has 0 bridgehead atoms. The minimum atomic E-state index is -0.370. The molecule has 74 valence electrons. The van der Waals surface area contributed by atoms with Gasteiger partial charge in [-0.2, -0.15) is 0 Å². The van der Waals surface area contributed by atoms with Crippen LogP contribution in [0.25, 0.3) is 6.08 Å². The summed E-state index contributed by atoms with van der Waals surface area (Å²) in [5, 5.41) is 0. The number of esters is 1. The molecular weight excluding hydrogens is 244 g/mol. The molecule has 2 nitrogen and oxygen atoms in total. The highest BCUT2D eigenvalue weighted by atomic mass is 79.9. The maximum absolute atomic E-state index is 11.0. The average Bonchev–Trinajstić information content (AvgIpc) is 2.20. The van der Waals surface area contributed by atoms with Gasteiger partial charge in [-0.1, -0.05) is 29.8 Å². The Hall–Kier alpha value is -1.09. The number of methoxy groups -OCH3 is 1. The van der Waals surface area contributed by atoms with Gasteiger partial charge in [0.25, 0.3) is 0 Å². The summed E-state index contributed by atoms with van der Waals surface area (Å²) in [6.45, 7) is 2.02. The maximum atomic E-state index is 11.0. The number of hydrogen-bond acceptors (Lipinski definition) is 2. The Morgan fingerprint density at radius 2 is 1.93 bits per heavy atom. The molecule has 0 atom stereocenters. The van der Waals surface area contributed by atoms with Crippen LogP contribution in [0.4, 0.5) is 0 Å². The Labute approximate surface area is 91.7 Å². The van der Waals surface area contributed by atoms with Crippen LogP contribution in [0.15, 0.2) is 28.7 Å². The van der Waals surface area contributed by atoms with Crippen molar-refractivity contribution in [2.24, 2.45) is 0 Å². The predicted molar refractivity (Wildman–Crippen MR) is 60.1 cm³/mol. The van der Waals surface area contributed by atoms with E-state index in [1.54, 1.807) is 6.08 Å². The van der Waals surface area contributed by atoms with E-state index in [1.165, 1.54) is 12.7 Å². The topological polar surface area (TPSA) is 26.3 Å². The maximum Gasteiger partial charge on any atom is 0.344 e. The molecule has 0 aliphatic rings. The molecular formula is C11H11BrO2. The van der Waals surface area contributed by atoms with E-state index in [-0.39, 0.29) is 5.97 Å². The lowest BCUT2D eigenvalue weighted by atomic mass is 10.1. The summed E-state index contributed by atoms with van der Waals surface area (Å²) in [6.07, 6.45) is 1.73. The first-order valence-corrected chi connectivity index (χ1v) is 4.95. The van der Waals surface area contributed by atoms with Crippen LogP contribution in [-0.2, 0) is 9.53 Å². The number of hydrogen-bond donors (Lipinski definition) is 0. The second kappa shape index (κ2) is 4.96. The van der Waals surface area contributed by atoms with Gasteiger partial charge >= 0.3 is 5.97 Å². The van der Waals surface area contributed by atoms with E-state index in [2.05, 4.69) is 20.7 Å². The van der Waals surface area contributed by atoms with Crippen molar-refractivity contribution in [3.05, 3.63) is 39.9 Å². The van der Waals surface area contributed by atoms with Crippen molar-refractivity contribution in [1.82, 2.24) is 0 Å². The number of benzene rings is 1. The molecule has 0 spiro atoms. The third kappa shape index (κ3) is 3.00. The highest BCUT2D eigenvalue weighted by Gasteiger charge is 2.04. The third-order valence-corrected chi connectivity index (χ3v) is 2.30. The fourth-order valence-electron chi connectivity index (χ4n) is 0.965. The van der Waals surface area contributed by atoms with Crippen molar-refractivity contribution in [3.63, 3.8) is 0 Å². The zero-order valence-electron chi connectivity index (χ0n) is 8.08. The third-order valence-electron chi connectivity index (χ3n) is 1.75. The smallest absolute Gasteiger partial charge is 0.344 e. The molecule has 14 heavy (non-hydrogen) atoms. The van der Waals surface area contributed by atoms with Crippen molar-refractivity contribution >= 4 is 28.0 Å². The lowest BCUT2D eigenvalue weighted by Gasteiger charge is -1.98. The number of carbonyl (C=O) groups is 1. The van der Waals surface area contributed by atoms with Crippen LogP contribution >= 0.6 is 15.9 Å². The molecule has 0 N–H and O–H groups in total. The first kappa shape index (κ1) is 11.0. The second-order valence-electron chi connectivity index (χ2n) is 2.89. The molecule has 0 aliphatic carbocycles. The zero-order chi connectivity index (χ0) is 10.6. The summed E-state index contributed by atoms with van der Waals surface area (Å²) in [6, 6.07) is 7.87. The highest BCUT2D eigenvalue weighted by molar-refractivity contribution is 9.12. The summed E-state index contributed by atoms with van der Waals surface area (Å²) in [7, 11) is 1.35. The molecule has 0 saturated carbocycles. The van der Waals surface area contributed by atoms with Gasteiger partial charge in [0.15, 0.2) is 0 Å². The second-order valence-corrected chi connectivity index (χ2v) is 3.75. The monoisotopic (exact) mass is 254 g/mol. The molecule has 0 amide bonds. The van der Waals surface area contributed by atoms with E-state index in [1.807, 2.05) is 31.2 Å². The van der Waals surface area contributed by atoms with Gasteiger partial charge in [-0.25, -0.2) is 4.79 Å². The van der Waals surface area contributed by atoms with Gasteiger partial charge < -0.3 is 4.74 Å². The Balaban J connectivity index is 2.86. The molecule has 1 aromatic carbocycles. The molecule has 0 saturated heterocycles. The van der Waals surface area contributed by atoms with Crippen molar-refractivity contribution in [3.8, 4) is 0 Å². The van der Waals surface area contributed by atoms with Crippen molar-refractivity contribution in [2.75, 3.05) is 7.11 Å². The van der Waals surface area contributed by atoms with Crippen LogP contribution in [-0.4, -0.2) is 13.1 Å². The number of ether oxygens (including phenoxy) is 1. The van der Waals surface area contributed by atoms with Gasteiger partial charge in [-0.05, 0) is 34.5 Å². The fraction of sp³-hybridized carbons (Fsp3) is 0.182. The quantitative estimate of drug-likeness (QED) is 0.600. The van der Waals surface area contributed by atoms with E-state index in [4.69, 9.17) is 0 Å². The Morgan fingerprint density at radius 1 is 1.36 bits per heavy atom. The molecule has 1 aromatic rings. The Bertz CT molecular complexity index is 352. The number of aryl methyl sites for hydroxylation is 1. The minimum absolute atomic E-state index is 0.370. The minimum Gasteiger partial charge on any atom is -0.465 e. The van der Waals surface area contributed by atoms with Crippen molar-refractivity contribution in [1.29, 1.82) is 0 Å².